The summed E-state index contributed by atoms with van der Waals surface area (Å²) in [6, 6.07) is 20.3. The fourth-order valence-corrected chi connectivity index (χ4v) is 4.01. The predicted molar refractivity (Wildman–Crippen MR) is 127 cm³/mol. The normalized spacial score (nSPS) is 11.4. The summed E-state index contributed by atoms with van der Waals surface area (Å²) in [7, 11) is 0. The number of para-hydroxylation sites is 1. The first-order chi connectivity index (χ1) is 15.7. The Morgan fingerprint density at radius 1 is 0.812 bits per heavy atom. The molecule has 0 unspecified atom stereocenters. The average molecular weight is 417 g/mol. The molecule has 0 radical (unpaired) electrons. The van der Waals surface area contributed by atoms with E-state index in [1.165, 1.54) is 5.56 Å². The molecule has 0 aliphatic rings. The van der Waals surface area contributed by atoms with Crippen LogP contribution in [0.1, 0.15) is 5.56 Å². The van der Waals surface area contributed by atoms with E-state index in [1.807, 2.05) is 30.3 Å². The molecule has 6 aromatic rings. The number of benzene rings is 2. The Morgan fingerprint density at radius 3 is 2.59 bits per heavy atom. The van der Waals surface area contributed by atoms with Crippen molar-refractivity contribution in [2.45, 2.75) is 6.92 Å². The first-order valence-corrected chi connectivity index (χ1v) is 10.3. The van der Waals surface area contributed by atoms with Gasteiger partial charge in [0.25, 0.3) is 0 Å². The molecule has 0 spiro atoms. The maximum Gasteiger partial charge on any atom is 0.161 e. The SMILES string of the molecule is Cc1cccc(-c2cccc3[nH]c(-c4n[nH]c5ccc(-c6cncc(N)c6)nc45)nc23)c1. The molecule has 7 heteroatoms. The highest BCUT2D eigenvalue weighted by molar-refractivity contribution is 5.96. The minimum Gasteiger partial charge on any atom is -0.397 e. The average Bonchev–Trinajstić information content (AvgIpc) is 3.42. The smallest absolute Gasteiger partial charge is 0.161 e. The van der Waals surface area contributed by atoms with Crippen LogP contribution in [0, 0.1) is 6.92 Å². The molecule has 0 bridgehead atoms. The Balaban J connectivity index is 1.51. The zero-order valence-corrected chi connectivity index (χ0v) is 17.3. The Hall–Kier alpha value is -4.52. The summed E-state index contributed by atoms with van der Waals surface area (Å²) >= 11 is 0. The third-order valence-electron chi connectivity index (χ3n) is 5.53. The molecule has 0 amide bonds. The highest BCUT2D eigenvalue weighted by Crippen LogP contribution is 2.32. The Labute approximate surface area is 183 Å². The number of nitrogens with one attached hydrogen (secondary N) is 2. The number of anilines is 1. The number of hydrogen-bond donors (Lipinski definition) is 3. The molecule has 0 aliphatic carbocycles. The van der Waals surface area contributed by atoms with Crippen molar-refractivity contribution in [1.82, 2.24) is 30.1 Å². The van der Waals surface area contributed by atoms with Gasteiger partial charge < -0.3 is 10.7 Å². The fourth-order valence-electron chi connectivity index (χ4n) is 4.01. The van der Waals surface area contributed by atoms with E-state index in [9.17, 15) is 0 Å². The highest BCUT2D eigenvalue weighted by Gasteiger charge is 2.17. The summed E-state index contributed by atoms with van der Waals surface area (Å²) in [5.74, 6) is 0.668. The van der Waals surface area contributed by atoms with Gasteiger partial charge in [-0.2, -0.15) is 5.10 Å². The molecule has 0 saturated heterocycles. The van der Waals surface area contributed by atoms with Gasteiger partial charge in [-0.05, 0) is 36.8 Å². The van der Waals surface area contributed by atoms with E-state index in [0.29, 0.717) is 17.2 Å². The lowest BCUT2D eigenvalue weighted by molar-refractivity contribution is 1.10. The zero-order valence-electron chi connectivity index (χ0n) is 17.3. The lowest BCUT2D eigenvalue weighted by atomic mass is 10.0. The van der Waals surface area contributed by atoms with Crippen LogP contribution in [0.5, 0.6) is 0 Å². The number of rotatable bonds is 3. The van der Waals surface area contributed by atoms with E-state index in [4.69, 9.17) is 15.7 Å². The van der Waals surface area contributed by atoms with Crippen molar-refractivity contribution in [3.05, 3.63) is 78.6 Å². The molecule has 4 heterocycles. The summed E-state index contributed by atoms with van der Waals surface area (Å²) in [6.45, 7) is 2.09. The van der Waals surface area contributed by atoms with Crippen molar-refractivity contribution in [2.75, 3.05) is 5.73 Å². The van der Waals surface area contributed by atoms with Crippen molar-refractivity contribution in [3.63, 3.8) is 0 Å². The lowest BCUT2D eigenvalue weighted by Crippen LogP contribution is -1.90. The molecule has 4 aromatic heterocycles. The third kappa shape index (κ3) is 2.99. The number of H-pyrrole nitrogens is 2. The van der Waals surface area contributed by atoms with Gasteiger partial charge in [0.2, 0.25) is 0 Å². The van der Waals surface area contributed by atoms with Gasteiger partial charge in [-0.1, -0.05) is 42.0 Å². The highest BCUT2D eigenvalue weighted by atomic mass is 15.1. The molecule has 7 nitrogen and oxygen atoms in total. The molecule has 154 valence electrons. The molecule has 0 atom stereocenters. The van der Waals surface area contributed by atoms with Gasteiger partial charge in [0.05, 0.1) is 27.9 Å². The summed E-state index contributed by atoms with van der Waals surface area (Å²) < 4.78 is 0. The molecule has 4 N–H and O–H groups in total. The zero-order chi connectivity index (χ0) is 21.7. The van der Waals surface area contributed by atoms with Crippen LogP contribution in [0.2, 0.25) is 0 Å². The second-order valence-corrected chi connectivity index (χ2v) is 7.83. The van der Waals surface area contributed by atoms with E-state index < -0.39 is 0 Å². The standard InChI is InChI=1S/C25H19N7/c1-14-4-2-5-15(10-14)18-6-3-7-20-22(18)30-25(29-20)24-23-21(31-32-24)9-8-19(28-23)16-11-17(26)13-27-12-16/h2-13H,26H2,1H3,(H,29,30)(H,31,32). The first-order valence-electron chi connectivity index (χ1n) is 10.3. The summed E-state index contributed by atoms with van der Waals surface area (Å²) in [4.78, 5) is 17.3. The number of nitrogens with zero attached hydrogens (tertiary/aromatic N) is 4. The van der Waals surface area contributed by atoms with Gasteiger partial charge in [0.1, 0.15) is 5.52 Å². The molecule has 0 aliphatic heterocycles. The van der Waals surface area contributed by atoms with Gasteiger partial charge >= 0.3 is 0 Å². The van der Waals surface area contributed by atoms with Crippen molar-refractivity contribution in [2.24, 2.45) is 0 Å². The molecule has 0 saturated carbocycles. The number of nitrogen functional groups attached to an aromatic ring is 1. The quantitative estimate of drug-likeness (QED) is 0.370. The lowest BCUT2D eigenvalue weighted by Gasteiger charge is -2.03. The topological polar surface area (TPSA) is 109 Å². The van der Waals surface area contributed by atoms with Crippen molar-refractivity contribution in [3.8, 4) is 33.9 Å². The maximum atomic E-state index is 5.90. The minimum absolute atomic E-state index is 0.595. The number of aromatic amines is 2. The van der Waals surface area contributed by atoms with Gasteiger partial charge in [0.15, 0.2) is 11.5 Å². The van der Waals surface area contributed by atoms with Crippen LogP contribution in [-0.4, -0.2) is 30.1 Å². The second-order valence-electron chi connectivity index (χ2n) is 7.83. The molecule has 2 aromatic carbocycles. The van der Waals surface area contributed by atoms with Crippen LogP contribution in [0.4, 0.5) is 5.69 Å². The Bertz CT molecular complexity index is 1610. The molecule has 0 fully saturated rings. The predicted octanol–water partition coefficient (Wildman–Crippen LogP) is 5.12. The van der Waals surface area contributed by atoms with Crippen LogP contribution in [0.3, 0.4) is 0 Å². The van der Waals surface area contributed by atoms with Crippen LogP contribution in [0.25, 0.3) is 56.0 Å². The van der Waals surface area contributed by atoms with Crippen LogP contribution in [-0.2, 0) is 0 Å². The molecule has 32 heavy (non-hydrogen) atoms. The van der Waals surface area contributed by atoms with E-state index in [2.05, 4.69) is 57.4 Å². The number of pyridine rings is 2. The number of fused-ring (bicyclic) bond motifs is 2. The van der Waals surface area contributed by atoms with Gasteiger partial charge in [0, 0.05) is 23.5 Å². The van der Waals surface area contributed by atoms with Crippen LogP contribution in [0.15, 0.2) is 73.1 Å². The number of aromatic nitrogens is 6. The van der Waals surface area contributed by atoms with Crippen LogP contribution < -0.4 is 5.73 Å². The largest absolute Gasteiger partial charge is 0.397 e. The van der Waals surface area contributed by atoms with Gasteiger partial charge in [-0.15, -0.1) is 0 Å². The second kappa shape index (κ2) is 7.02. The van der Waals surface area contributed by atoms with E-state index >= 15 is 0 Å². The fraction of sp³-hybridized carbons (Fsp3) is 0.0400. The van der Waals surface area contributed by atoms with Gasteiger partial charge in [-0.3, -0.25) is 10.1 Å². The van der Waals surface area contributed by atoms with Gasteiger partial charge in [-0.25, -0.2) is 9.97 Å². The van der Waals surface area contributed by atoms with Crippen molar-refractivity contribution in [1.29, 1.82) is 0 Å². The van der Waals surface area contributed by atoms with E-state index in [-0.39, 0.29) is 0 Å². The Kier molecular flexibility index (Phi) is 4.01. The van der Waals surface area contributed by atoms with E-state index in [0.717, 1.165) is 44.5 Å². The third-order valence-corrected chi connectivity index (χ3v) is 5.53. The number of hydrogen-bond acceptors (Lipinski definition) is 5. The number of nitrogens with two attached hydrogens (primary N) is 1. The minimum atomic E-state index is 0.595. The summed E-state index contributed by atoms with van der Waals surface area (Å²) in [6.07, 6.45) is 3.37. The molecular formula is C25H19N7. The first kappa shape index (κ1) is 18.3. The Morgan fingerprint density at radius 2 is 1.72 bits per heavy atom. The van der Waals surface area contributed by atoms with Crippen molar-refractivity contribution >= 4 is 27.8 Å². The van der Waals surface area contributed by atoms with Crippen LogP contribution >= 0.6 is 0 Å². The maximum absolute atomic E-state index is 5.90. The van der Waals surface area contributed by atoms with E-state index in [1.54, 1.807) is 12.4 Å². The summed E-state index contributed by atoms with van der Waals surface area (Å²) in [5.41, 5.74) is 15.6. The number of imidazole rings is 1. The summed E-state index contributed by atoms with van der Waals surface area (Å²) in [5, 5.41) is 7.57. The van der Waals surface area contributed by atoms with Crippen molar-refractivity contribution < 1.29 is 0 Å². The molecule has 6 rings (SSSR count). The number of aryl methyl sites for hydroxylation is 1. The molecular weight excluding hydrogens is 398 g/mol. The monoisotopic (exact) mass is 417 g/mol.